The molecule has 1 amide bonds. The summed E-state index contributed by atoms with van der Waals surface area (Å²) >= 11 is 0. The summed E-state index contributed by atoms with van der Waals surface area (Å²) in [7, 11) is -2.44. The number of hydrogen-bond acceptors (Lipinski definition) is 6. The van der Waals surface area contributed by atoms with E-state index in [-0.39, 0.29) is 34.8 Å². The van der Waals surface area contributed by atoms with Gasteiger partial charge in [0.15, 0.2) is 6.61 Å². The van der Waals surface area contributed by atoms with Crippen LogP contribution in [0.15, 0.2) is 23.1 Å². The van der Waals surface area contributed by atoms with Crippen molar-refractivity contribution in [1.29, 1.82) is 0 Å². The quantitative estimate of drug-likeness (QED) is 0.697. The number of esters is 1. The second-order valence-electron chi connectivity index (χ2n) is 6.78. The molecule has 3 rings (SSSR count). The third-order valence-electron chi connectivity index (χ3n) is 4.62. The van der Waals surface area contributed by atoms with Gasteiger partial charge in [0, 0.05) is 19.1 Å². The zero-order valence-corrected chi connectivity index (χ0v) is 16.1. The number of piperidine rings is 1. The van der Waals surface area contributed by atoms with Crippen molar-refractivity contribution in [3.05, 3.63) is 23.8 Å². The van der Waals surface area contributed by atoms with Gasteiger partial charge in [-0.05, 0) is 50.3 Å². The number of sulfonamides is 1. The number of nitrogens with one attached hydrogen (secondary N) is 1. The first-order chi connectivity index (χ1) is 12.9. The number of benzene rings is 1. The van der Waals surface area contributed by atoms with Crippen LogP contribution in [0.5, 0.6) is 5.75 Å². The van der Waals surface area contributed by atoms with Gasteiger partial charge in [0.25, 0.3) is 5.91 Å². The van der Waals surface area contributed by atoms with Crippen LogP contribution in [0.25, 0.3) is 0 Å². The first kappa shape index (κ1) is 19.6. The van der Waals surface area contributed by atoms with Crippen LogP contribution in [0.1, 0.15) is 42.5 Å². The molecular formula is C18H24N2O6S. The Kier molecular flexibility index (Phi) is 6.01. The van der Waals surface area contributed by atoms with Gasteiger partial charge in [-0.25, -0.2) is 17.9 Å². The number of carbonyl (C=O) groups excluding carboxylic acids is 2. The van der Waals surface area contributed by atoms with Crippen molar-refractivity contribution in [2.75, 3.05) is 26.8 Å². The van der Waals surface area contributed by atoms with Crippen molar-refractivity contribution in [1.82, 2.24) is 9.62 Å². The van der Waals surface area contributed by atoms with Crippen LogP contribution >= 0.6 is 0 Å². The summed E-state index contributed by atoms with van der Waals surface area (Å²) in [5, 5.41) is 0. The second kappa shape index (κ2) is 8.26. The molecule has 0 aromatic heterocycles. The molecule has 1 saturated heterocycles. The number of ether oxygens (including phenoxy) is 2. The molecular weight excluding hydrogens is 372 g/mol. The van der Waals surface area contributed by atoms with Crippen LogP contribution in [0.2, 0.25) is 0 Å². The zero-order valence-electron chi connectivity index (χ0n) is 15.3. The summed E-state index contributed by atoms with van der Waals surface area (Å²) in [5.41, 5.74) is 0.0541. The van der Waals surface area contributed by atoms with Gasteiger partial charge in [-0.3, -0.25) is 4.79 Å². The Morgan fingerprint density at radius 1 is 1.19 bits per heavy atom. The van der Waals surface area contributed by atoms with E-state index in [9.17, 15) is 18.0 Å². The minimum atomic E-state index is -3.80. The molecule has 1 aliphatic heterocycles. The molecule has 0 spiro atoms. The van der Waals surface area contributed by atoms with Crippen molar-refractivity contribution in [2.45, 2.75) is 43.0 Å². The highest BCUT2D eigenvalue weighted by Crippen LogP contribution is 2.28. The maximum atomic E-state index is 12.5. The smallest absolute Gasteiger partial charge is 0.338 e. The molecule has 0 radical (unpaired) electrons. The lowest BCUT2D eigenvalue weighted by atomic mass is 10.1. The Hall–Kier alpha value is -2.13. The van der Waals surface area contributed by atoms with Crippen molar-refractivity contribution in [3.8, 4) is 5.75 Å². The molecule has 2 aliphatic rings. The number of nitrogens with zero attached hydrogens (tertiary/aromatic N) is 1. The van der Waals surface area contributed by atoms with Gasteiger partial charge in [0.1, 0.15) is 10.6 Å². The van der Waals surface area contributed by atoms with Crippen LogP contribution in [0, 0.1) is 0 Å². The fourth-order valence-corrected chi connectivity index (χ4v) is 4.44. The number of carbonyl (C=O) groups is 2. The number of rotatable bonds is 7. The van der Waals surface area contributed by atoms with Crippen LogP contribution < -0.4 is 9.46 Å². The average Bonchev–Trinajstić information content (AvgIpc) is 3.49. The van der Waals surface area contributed by atoms with E-state index in [4.69, 9.17) is 9.47 Å². The molecule has 27 heavy (non-hydrogen) atoms. The summed E-state index contributed by atoms with van der Waals surface area (Å²) < 4.78 is 37.8. The van der Waals surface area contributed by atoms with Crippen molar-refractivity contribution in [3.63, 3.8) is 0 Å². The number of amides is 1. The van der Waals surface area contributed by atoms with Crippen LogP contribution in [-0.2, 0) is 19.6 Å². The molecule has 0 bridgehead atoms. The van der Waals surface area contributed by atoms with Crippen molar-refractivity contribution >= 4 is 21.9 Å². The normalized spacial score (nSPS) is 17.4. The summed E-state index contributed by atoms with van der Waals surface area (Å²) in [6.45, 7) is 0.996. The van der Waals surface area contributed by atoms with E-state index in [1.54, 1.807) is 4.90 Å². The second-order valence-corrected chi connectivity index (χ2v) is 8.46. The minimum Gasteiger partial charge on any atom is -0.495 e. The first-order valence-electron chi connectivity index (χ1n) is 9.06. The molecule has 0 unspecified atom stereocenters. The van der Waals surface area contributed by atoms with Gasteiger partial charge in [0.05, 0.1) is 12.7 Å². The van der Waals surface area contributed by atoms with Gasteiger partial charge in [-0.15, -0.1) is 0 Å². The highest BCUT2D eigenvalue weighted by molar-refractivity contribution is 7.89. The number of methoxy groups -OCH3 is 1. The van der Waals surface area contributed by atoms with E-state index >= 15 is 0 Å². The highest BCUT2D eigenvalue weighted by Gasteiger charge is 2.30. The van der Waals surface area contributed by atoms with E-state index in [2.05, 4.69) is 4.72 Å². The highest BCUT2D eigenvalue weighted by atomic mass is 32.2. The molecule has 1 heterocycles. The fourth-order valence-electron chi connectivity index (χ4n) is 2.94. The Morgan fingerprint density at radius 2 is 1.89 bits per heavy atom. The van der Waals surface area contributed by atoms with E-state index in [0.717, 1.165) is 32.1 Å². The largest absolute Gasteiger partial charge is 0.495 e. The van der Waals surface area contributed by atoms with Crippen molar-refractivity contribution in [2.24, 2.45) is 0 Å². The Morgan fingerprint density at radius 3 is 2.52 bits per heavy atom. The van der Waals surface area contributed by atoms with E-state index in [1.165, 1.54) is 25.3 Å². The first-order valence-corrected chi connectivity index (χ1v) is 10.5. The maximum absolute atomic E-state index is 12.5. The molecule has 8 nitrogen and oxygen atoms in total. The third kappa shape index (κ3) is 4.98. The van der Waals surface area contributed by atoms with E-state index < -0.39 is 16.0 Å². The van der Waals surface area contributed by atoms with Crippen molar-refractivity contribution < 1.29 is 27.5 Å². The maximum Gasteiger partial charge on any atom is 0.338 e. The SMILES string of the molecule is COc1ccc(C(=O)OCC(=O)N2CCCCC2)cc1S(=O)(=O)NC1CC1. The predicted molar refractivity (Wildman–Crippen MR) is 97.1 cm³/mol. The molecule has 1 aromatic rings. The predicted octanol–water partition coefficient (Wildman–Crippen LogP) is 1.31. The summed E-state index contributed by atoms with van der Waals surface area (Å²) in [5.74, 6) is -0.838. The molecule has 2 fully saturated rings. The fraction of sp³-hybridized carbons (Fsp3) is 0.556. The molecule has 1 saturated carbocycles. The van der Waals surface area contributed by atoms with Crippen LogP contribution in [0.3, 0.4) is 0 Å². The lowest BCUT2D eigenvalue weighted by molar-refractivity contribution is -0.135. The Bertz CT molecular complexity index is 813. The van der Waals surface area contributed by atoms with E-state index in [0.29, 0.717) is 13.1 Å². The average molecular weight is 396 g/mol. The third-order valence-corrected chi connectivity index (χ3v) is 6.17. The molecule has 0 atom stereocenters. The molecule has 1 aliphatic carbocycles. The zero-order chi connectivity index (χ0) is 19.4. The van der Waals surface area contributed by atoms with Gasteiger partial charge in [-0.2, -0.15) is 0 Å². The minimum absolute atomic E-state index is 0.0541. The van der Waals surface area contributed by atoms with E-state index in [1.807, 2.05) is 0 Å². The standard InChI is InChI=1S/C18H24N2O6S/c1-25-15-8-5-13(11-16(15)27(23,24)19-14-6-7-14)18(22)26-12-17(21)20-9-3-2-4-10-20/h5,8,11,14,19H,2-4,6-7,9-10,12H2,1H3. The summed E-state index contributed by atoms with van der Waals surface area (Å²) in [6, 6.07) is 3.97. The molecule has 148 valence electrons. The van der Waals surface area contributed by atoms with Gasteiger partial charge >= 0.3 is 5.97 Å². The van der Waals surface area contributed by atoms with Crippen LogP contribution in [0.4, 0.5) is 0 Å². The molecule has 1 N–H and O–H groups in total. The van der Waals surface area contributed by atoms with Gasteiger partial charge in [-0.1, -0.05) is 0 Å². The monoisotopic (exact) mass is 396 g/mol. The lowest BCUT2D eigenvalue weighted by Gasteiger charge is -2.26. The topological polar surface area (TPSA) is 102 Å². The van der Waals surface area contributed by atoms with Crippen LogP contribution in [-0.4, -0.2) is 58.0 Å². The summed E-state index contributed by atoms with van der Waals surface area (Å²) in [6.07, 6.45) is 4.59. The Labute approximate surface area is 158 Å². The molecule has 9 heteroatoms. The van der Waals surface area contributed by atoms with Gasteiger partial charge < -0.3 is 14.4 Å². The Balaban J connectivity index is 1.69. The lowest BCUT2D eigenvalue weighted by Crippen LogP contribution is -2.38. The van der Waals surface area contributed by atoms with Gasteiger partial charge in [0.2, 0.25) is 10.0 Å². The number of likely N-dealkylation sites (tertiary alicyclic amines) is 1. The number of hydrogen-bond donors (Lipinski definition) is 1. The summed E-state index contributed by atoms with van der Waals surface area (Å²) in [4.78, 5) is 26.0. The molecule has 1 aromatic carbocycles.